The number of halogens is 1. The number of nitrogens with one attached hydrogen (secondary N) is 3. The maximum atomic E-state index is 15.3. The van der Waals surface area contributed by atoms with E-state index in [1.165, 1.54) is 5.57 Å². The smallest absolute Gasteiger partial charge is 0.255 e. The van der Waals surface area contributed by atoms with Gasteiger partial charge in [0.15, 0.2) is 11.9 Å². The van der Waals surface area contributed by atoms with Crippen molar-refractivity contribution in [2.24, 2.45) is 11.5 Å². The van der Waals surface area contributed by atoms with E-state index in [1.807, 2.05) is 25.1 Å². The molecule has 2 aliphatic rings. The number of benzene rings is 2. The van der Waals surface area contributed by atoms with E-state index in [4.69, 9.17) is 22.3 Å². The van der Waals surface area contributed by atoms with Crippen LogP contribution in [-0.4, -0.2) is 53.8 Å². The van der Waals surface area contributed by atoms with Gasteiger partial charge >= 0.3 is 0 Å². The lowest BCUT2D eigenvalue weighted by molar-refractivity contribution is 0.102. The summed E-state index contributed by atoms with van der Waals surface area (Å²) in [6.45, 7) is 5.88. The van der Waals surface area contributed by atoms with Crippen molar-refractivity contribution in [1.29, 1.82) is 10.8 Å². The maximum Gasteiger partial charge on any atom is 0.255 e. The standard InChI is InChI=1S/C27H32FN7O/c1-16-15-20(18-7-11-34(12-8-18)26(29)30)3-4-21(16)25(36)33-23-6-5-22(24(28)17(23)2)19-9-13-35(14-10-19)27(31)32/h3-7,9,15H,8,10-14H2,1-2H3,(H3,29,30)(H3,31,32)(H,33,36). The van der Waals surface area contributed by atoms with Crippen molar-refractivity contribution in [2.75, 3.05) is 31.5 Å². The number of nitrogens with zero attached hydrogens (tertiary/aromatic N) is 2. The molecule has 2 aromatic rings. The second kappa shape index (κ2) is 10.2. The fraction of sp³-hybridized carbons (Fsp3) is 0.296. The van der Waals surface area contributed by atoms with Gasteiger partial charge in [-0.2, -0.15) is 0 Å². The number of guanidine groups is 2. The van der Waals surface area contributed by atoms with Gasteiger partial charge < -0.3 is 26.6 Å². The molecule has 2 aliphatic heterocycles. The first-order valence-corrected chi connectivity index (χ1v) is 11.9. The summed E-state index contributed by atoms with van der Waals surface area (Å²) in [6, 6.07) is 9.14. The highest BCUT2D eigenvalue weighted by molar-refractivity contribution is 6.06. The number of rotatable bonds is 4. The molecule has 1 amide bonds. The minimum absolute atomic E-state index is 0.0124. The highest BCUT2D eigenvalue weighted by atomic mass is 19.1. The molecule has 0 aliphatic carbocycles. The van der Waals surface area contributed by atoms with Crippen molar-refractivity contribution >= 4 is 34.7 Å². The van der Waals surface area contributed by atoms with Gasteiger partial charge in [-0.25, -0.2) is 4.39 Å². The van der Waals surface area contributed by atoms with Gasteiger partial charge in [0.05, 0.1) is 0 Å². The fourth-order valence-corrected chi connectivity index (χ4v) is 4.66. The number of nitrogens with two attached hydrogens (primary N) is 2. The van der Waals surface area contributed by atoms with E-state index in [0.717, 1.165) is 23.1 Å². The lowest BCUT2D eigenvalue weighted by Crippen LogP contribution is -2.39. The molecule has 188 valence electrons. The zero-order valence-electron chi connectivity index (χ0n) is 20.6. The van der Waals surface area contributed by atoms with Crippen molar-refractivity contribution in [2.45, 2.75) is 26.7 Å². The quantitative estimate of drug-likeness (QED) is 0.330. The van der Waals surface area contributed by atoms with Crippen LogP contribution in [0.2, 0.25) is 0 Å². The second-order valence-corrected chi connectivity index (χ2v) is 9.20. The summed E-state index contributed by atoms with van der Waals surface area (Å²) in [6.07, 6.45) is 5.33. The molecule has 2 heterocycles. The van der Waals surface area contributed by atoms with Crippen molar-refractivity contribution in [1.82, 2.24) is 9.80 Å². The molecule has 0 saturated heterocycles. The first-order valence-electron chi connectivity index (χ1n) is 11.9. The molecule has 0 atom stereocenters. The number of hydrogen-bond acceptors (Lipinski definition) is 3. The minimum atomic E-state index is -0.355. The summed E-state index contributed by atoms with van der Waals surface area (Å²) in [7, 11) is 0. The topological polar surface area (TPSA) is 135 Å². The molecule has 8 nitrogen and oxygen atoms in total. The molecule has 0 radical (unpaired) electrons. The monoisotopic (exact) mass is 489 g/mol. The van der Waals surface area contributed by atoms with Crippen LogP contribution in [0, 0.1) is 30.5 Å². The van der Waals surface area contributed by atoms with E-state index in [9.17, 15) is 4.79 Å². The summed E-state index contributed by atoms with van der Waals surface area (Å²) >= 11 is 0. The van der Waals surface area contributed by atoms with Gasteiger partial charge in [-0.3, -0.25) is 15.6 Å². The number of anilines is 1. The van der Waals surface area contributed by atoms with Crippen molar-refractivity contribution in [3.05, 3.63) is 76.1 Å². The zero-order valence-corrected chi connectivity index (χ0v) is 20.6. The Labute approximate surface area is 210 Å². The predicted molar refractivity (Wildman–Crippen MR) is 142 cm³/mol. The van der Waals surface area contributed by atoms with Crippen LogP contribution in [0.3, 0.4) is 0 Å². The normalized spacial score (nSPS) is 15.8. The predicted octanol–water partition coefficient (Wildman–Crippen LogP) is 3.66. The van der Waals surface area contributed by atoms with Crippen LogP contribution in [0.15, 0.2) is 42.5 Å². The molecule has 9 heteroatoms. The van der Waals surface area contributed by atoms with Crippen LogP contribution < -0.4 is 16.8 Å². The Morgan fingerprint density at radius 1 is 0.944 bits per heavy atom. The molecule has 4 rings (SSSR count). The van der Waals surface area contributed by atoms with Crippen LogP contribution in [0.25, 0.3) is 11.1 Å². The van der Waals surface area contributed by atoms with E-state index >= 15 is 4.39 Å². The Morgan fingerprint density at radius 3 is 2.08 bits per heavy atom. The summed E-state index contributed by atoms with van der Waals surface area (Å²) in [5.41, 5.74) is 16.9. The third kappa shape index (κ3) is 5.10. The van der Waals surface area contributed by atoms with Gasteiger partial charge in [0.1, 0.15) is 5.82 Å². The van der Waals surface area contributed by atoms with E-state index in [-0.39, 0.29) is 23.6 Å². The molecular weight excluding hydrogens is 457 g/mol. The molecule has 0 spiro atoms. The lowest BCUT2D eigenvalue weighted by atomic mass is 9.95. The third-order valence-corrected chi connectivity index (χ3v) is 6.92. The van der Waals surface area contributed by atoms with Crippen molar-refractivity contribution in [3.8, 4) is 0 Å². The van der Waals surface area contributed by atoms with E-state index in [0.29, 0.717) is 55.0 Å². The SMILES string of the molecule is Cc1cc(C2=CCN(C(=N)N)CC2)ccc1C(=O)Nc1ccc(C2=CCN(C(=N)N)CC2)c(F)c1C. The van der Waals surface area contributed by atoms with E-state index < -0.39 is 0 Å². The molecule has 7 N–H and O–H groups in total. The number of carbonyl (C=O) groups excluding carboxylic acids is 1. The fourth-order valence-electron chi connectivity index (χ4n) is 4.66. The highest BCUT2D eigenvalue weighted by Crippen LogP contribution is 2.30. The number of aryl methyl sites for hydroxylation is 1. The van der Waals surface area contributed by atoms with Gasteiger partial charge in [0, 0.05) is 48.6 Å². The molecule has 0 bridgehead atoms. The summed E-state index contributed by atoms with van der Waals surface area (Å²) in [5.74, 6) is -0.559. The van der Waals surface area contributed by atoms with Crippen molar-refractivity contribution in [3.63, 3.8) is 0 Å². The van der Waals surface area contributed by atoms with Gasteiger partial charge in [0.25, 0.3) is 5.91 Å². The average Bonchev–Trinajstić information content (AvgIpc) is 2.87. The van der Waals surface area contributed by atoms with Gasteiger partial charge in [-0.15, -0.1) is 0 Å². The lowest BCUT2D eigenvalue weighted by Gasteiger charge is -2.27. The molecule has 36 heavy (non-hydrogen) atoms. The molecule has 0 fully saturated rings. The van der Waals surface area contributed by atoms with E-state index in [2.05, 4.69) is 11.4 Å². The Hall–Kier alpha value is -4.14. The highest BCUT2D eigenvalue weighted by Gasteiger charge is 2.20. The largest absolute Gasteiger partial charge is 0.370 e. The van der Waals surface area contributed by atoms with E-state index in [1.54, 1.807) is 34.9 Å². The third-order valence-electron chi connectivity index (χ3n) is 6.92. The Balaban J connectivity index is 1.48. The van der Waals surface area contributed by atoms with Crippen molar-refractivity contribution < 1.29 is 9.18 Å². The molecule has 2 aromatic carbocycles. The Morgan fingerprint density at radius 2 is 1.56 bits per heavy atom. The number of amides is 1. The summed E-state index contributed by atoms with van der Waals surface area (Å²) in [5, 5.41) is 18.0. The first-order chi connectivity index (χ1) is 17.2. The van der Waals surface area contributed by atoms with Crippen LogP contribution in [0.4, 0.5) is 10.1 Å². The average molecular weight is 490 g/mol. The number of carbonyl (C=O) groups is 1. The van der Waals surface area contributed by atoms with Gasteiger partial charge in [-0.05, 0) is 67.2 Å². The van der Waals surface area contributed by atoms with Gasteiger partial charge in [0.2, 0.25) is 0 Å². The Kier molecular flexibility index (Phi) is 7.10. The second-order valence-electron chi connectivity index (χ2n) is 9.20. The molecular formula is C27H32FN7O. The Bertz CT molecular complexity index is 1300. The zero-order chi connectivity index (χ0) is 26.0. The van der Waals surface area contributed by atoms with Crippen LogP contribution in [-0.2, 0) is 0 Å². The summed E-state index contributed by atoms with van der Waals surface area (Å²) in [4.78, 5) is 16.6. The molecule has 0 aromatic heterocycles. The maximum absolute atomic E-state index is 15.3. The van der Waals surface area contributed by atoms with Crippen LogP contribution in [0.5, 0.6) is 0 Å². The minimum Gasteiger partial charge on any atom is -0.370 e. The van der Waals surface area contributed by atoms with Crippen LogP contribution >= 0.6 is 0 Å². The van der Waals surface area contributed by atoms with Crippen LogP contribution in [0.1, 0.15) is 45.5 Å². The first kappa shape index (κ1) is 25.0. The van der Waals surface area contributed by atoms with Gasteiger partial charge in [-0.1, -0.05) is 24.3 Å². The summed E-state index contributed by atoms with van der Waals surface area (Å²) < 4.78 is 15.3. The number of hydrogen-bond donors (Lipinski definition) is 5. The molecule has 0 saturated carbocycles. The molecule has 0 unspecified atom stereocenters.